The predicted octanol–water partition coefficient (Wildman–Crippen LogP) is 1.70. The van der Waals surface area contributed by atoms with Crippen molar-refractivity contribution in [2.24, 2.45) is 0 Å². The largest absolute Gasteiger partial charge is 0.395 e. The summed E-state index contributed by atoms with van der Waals surface area (Å²) >= 11 is 4.77. The second kappa shape index (κ2) is 5.32. The Morgan fingerprint density at radius 3 is 3.26 bits per heavy atom. The number of H-pyrrole nitrogens is 1. The average molecular weight is 344 g/mol. The normalized spacial score (nSPS) is 20.4. The van der Waals surface area contributed by atoms with E-state index in [2.05, 4.69) is 30.8 Å². The first-order valence-electron chi connectivity index (χ1n) is 6.20. The van der Waals surface area contributed by atoms with Crippen molar-refractivity contribution in [3.05, 3.63) is 26.0 Å². The van der Waals surface area contributed by atoms with E-state index in [1.165, 1.54) is 11.3 Å². The molecule has 0 unspecified atom stereocenters. The lowest BCUT2D eigenvalue weighted by Crippen LogP contribution is -2.32. The van der Waals surface area contributed by atoms with Gasteiger partial charge in [0, 0.05) is 6.04 Å². The van der Waals surface area contributed by atoms with Crippen LogP contribution in [0.3, 0.4) is 0 Å². The average Bonchev–Trinajstić information content (AvgIpc) is 2.95. The summed E-state index contributed by atoms with van der Waals surface area (Å²) in [4.78, 5) is 21.5. The van der Waals surface area contributed by atoms with Gasteiger partial charge in [-0.05, 0) is 41.4 Å². The summed E-state index contributed by atoms with van der Waals surface area (Å²) in [6, 6.07) is 2.06. The topological polar surface area (TPSA) is 69.2 Å². The molecule has 1 saturated heterocycles. The number of aliphatic hydroxyl groups excluding tert-OH is 1. The van der Waals surface area contributed by atoms with E-state index < -0.39 is 0 Å². The monoisotopic (exact) mass is 343 g/mol. The van der Waals surface area contributed by atoms with Crippen LogP contribution in [0, 0.1) is 0 Å². The summed E-state index contributed by atoms with van der Waals surface area (Å²) < 4.78 is 1.56. The Balaban J connectivity index is 1.91. The van der Waals surface area contributed by atoms with Crippen LogP contribution >= 0.6 is 27.3 Å². The van der Waals surface area contributed by atoms with E-state index in [4.69, 9.17) is 0 Å². The first kappa shape index (κ1) is 13.2. The van der Waals surface area contributed by atoms with Gasteiger partial charge >= 0.3 is 0 Å². The van der Waals surface area contributed by atoms with Crippen LogP contribution in [0.5, 0.6) is 0 Å². The van der Waals surface area contributed by atoms with E-state index in [1.54, 1.807) is 0 Å². The number of aromatic amines is 1. The molecule has 5 nitrogen and oxygen atoms in total. The fraction of sp³-hybridized carbons (Fsp3) is 0.500. The molecule has 19 heavy (non-hydrogen) atoms. The van der Waals surface area contributed by atoms with Gasteiger partial charge in [-0.1, -0.05) is 0 Å². The molecule has 2 aromatic rings. The Bertz CT molecular complexity index is 654. The number of rotatable bonds is 3. The first-order chi connectivity index (χ1) is 9.17. The molecule has 1 atom stereocenters. The van der Waals surface area contributed by atoms with Crippen molar-refractivity contribution in [3.8, 4) is 0 Å². The van der Waals surface area contributed by atoms with Gasteiger partial charge in [-0.3, -0.25) is 9.69 Å². The maximum atomic E-state index is 12.0. The van der Waals surface area contributed by atoms with Gasteiger partial charge in [0.1, 0.15) is 10.5 Å². The quantitative estimate of drug-likeness (QED) is 0.889. The first-order valence-corrected chi connectivity index (χ1v) is 7.81. The van der Waals surface area contributed by atoms with Crippen molar-refractivity contribution in [3.63, 3.8) is 0 Å². The molecule has 102 valence electrons. The van der Waals surface area contributed by atoms with Crippen LogP contribution in [-0.2, 0) is 6.54 Å². The highest BCUT2D eigenvalue weighted by molar-refractivity contribution is 9.11. The third-order valence-electron chi connectivity index (χ3n) is 3.46. The number of hydrogen-bond donors (Lipinski definition) is 2. The van der Waals surface area contributed by atoms with Gasteiger partial charge in [0.15, 0.2) is 0 Å². The third kappa shape index (κ3) is 2.60. The second-order valence-corrected chi connectivity index (χ2v) is 7.16. The number of nitrogens with one attached hydrogen (secondary N) is 1. The Morgan fingerprint density at radius 1 is 1.63 bits per heavy atom. The van der Waals surface area contributed by atoms with Gasteiger partial charge < -0.3 is 10.1 Å². The summed E-state index contributed by atoms with van der Waals surface area (Å²) in [6.07, 6.45) is 2.09. The Labute approximate surface area is 122 Å². The fourth-order valence-electron chi connectivity index (χ4n) is 2.54. The number of thiophene rings is 1. The highest BCUT2D eigenvalue weighted by atomic mass is 79.9. The smallest absolute Gasteiger partial charge is 0.268 e. The predicted molar refractivity (Wildman–Crippen MR) is 78.5 cm³/mol. The zero-order chi connectivity index (χ0) is 13.4. The van der Waals surface area contributed by atoms with E-state index >= 15 is 0 Å². The van der Waals surface area contributed by atoms with Crippen molar-refractivity contribution in [2.75, 3.05) is 13.2 Å². The molecule has 0 saturated carbocycles. The van der Waals surface area contributed by atoms with Crippen LogP contribution in [0.15, 0.2) is 14.6 Å². The van der Waals surface area contributed by atoms with Crippen molar-refractivity contribution in [1.82, 2.24) is 14.9 Å². The summed E-state index contributed by atoms with van der Waals surface area (Å²) in [5.74, 6) is 0.670. The second-order valence-electron chi connectivity index (χ2n) is 4.73. The molecule has 1 aliphatic heterocycles. The Hall–Kier alpha value is -0.760. The number of fused-ring (bicyclic) bond motifs is 1. The molecule has 1 aliphatic rings. The van der Waals surface area contributed by atoms with Gasteiger partial charge in [0.2, 0.25) is 0 Å². The molecular weight excluding hydrogens is 330 g/mol. The van der Waals surface area contributed by atoms with Crippen molar-refractivity contribution in [1.29, 1.82) is 0 Å². The zero-order valence-electron chi connectivity index (χ0n) is 10.2. The van der Waals surface area contributed by atoms with Gasteiger partial charge in [-0.2, -0.15) is 0 Å². The lowest BCUT2D eigenvalue weighted by Gasteiger charge is -2.21. The molecule has 0 amide bonds. The van der Waals surface area contributed by atoms with Crippen LogP contribution in [0.2, 0.25) is 0 Å². The minimum atomic E-state index is -0.0876. The summed E-state index contributed by atoms with van der Waals surface area (Å²) in [7, 11) is 0. The molecule has 2 aromatic heterocycles. The van der Waals surface area contributed by atoms with E-state index in [0.29, 0.717) is 17.1 Å². The van der Waals surface area contributed by atoms with E-state index in [1.807, 2.05) is 6.07 Å². The number of hydrogen-bond acceptors (Lipinski definition) is 5. The van der Waals surface area contributed by atoms with Crippen molar-refractivity contribution in [2.45, 2.75) is 25.4 Å². The summed E-state index contributed by atoms with van der Waals surface area (Å²) in [6.45, 7) is 1.70. The maximum absolute atomic E-state index is 12.0. The molecule has 0 aliphatic carbocycles. The highest BCUT2D eigenvalue weighted by Gasteiger charge is 2.24. The molecule has 0 aromatic carbocycles. The summed E-state index contributed by atoms with van der Waals surface area (Å²) in [5, 5.41) is 9.31. The molecule has 0 bridgehead atoms. The fourth-order valence-corrected chi connectivity index (χ4v) is 3.96. The lowest BCUT2D eigenvalue weighted by molar-refractivity contribution is 0.151. The lowest BCUT2D eigenvalue weighted by atomic mass is 10.2. The number of halogens is 1. The van der Waals surface area contributed by atoms with Gasteiger partial charge in [-0.15, -0.1) is 11.3 Å². The highest BCUT2D eigenvalue weighted by Crippen LogP contribution is 2.26. The Kier molecular flexibility index (Phi) is 3.70. The van der Waals surface area contributed by atoms with Crippen LogP contribution in [0.1, 0.15) is 18.7 Å². The number of aromatic nitrogens is 2. The molecule has 0 radical (unpaired) electrons. The number of aliphatic hydroxyl groups is 1. The minimum Gasteiger partial charge on any atom is -0.395 e. The molecule has 0 spiro atoms. The SMILES string of the molecule is O=c1[nH]c(CN2CCC[C@H]2CO)nc2cc(Br)sc12. The molecular formula is C12H14BrN3O2S. The summed E-state index contributed by atoms with van der Waals surface area (Å²) in [5.41, 5.74) is 0.644. The van der Waals surface area contributed by atoms with Crippen LogP contribution < -0.4 is 5.56 Å². The van der Waals surface area contributed by atoms with Gasteiger partial charge in [0.05, 0.1) is 22.5 Å². The van der Waals surface area contributed by atoms with Crippen LogP contribution in [-0.4, -0.2) is 39.2 Å². The van der Waals surface area contributed by atoms with E-state index in [-0.39, 0.29) is 18.2 Å². The van der Waals surface area contributed by atoms with E-state index in [0.717, 1.165) is 28.7 Å². The molecule has 7 heteroatoms. The zero-order valence-corrected chi connectivity index (χ0v) is 12.6. The molecule has 3 rings (SSSR count). The molecule has 3 heterocycles. The van der Waals surface area contributed by atoms with Crippen LogP contribution in [0.4, 0.5) is 0 Å². The van der Waals surface area contributed by atoms with E-state index in [9.17, 15) is 9.90 Å². The maximum Gasteiger partial charge on any atom is 0.268 e. The Morgan fingerprint density at radius 2 is 2.47 bits per heavy atom. The third-order valence-corrected chi connectivity index (χ3v) is 5.09. The van der Waals surface area contributed by atoms with Crippen LogP contribution in [0.25, 0.3) is 10.2 Å². The molecule has 1 fully saturated rings. The van der Waals surface area contributed by atoms with Gasteiger partial charge in [-0.25, -0.2) is 4.98 Å². The number of nitrogens with zero attached hydrogens (tertiary/aromatic N) is 2. The molecule has 2 N–H and O–H groups in total. The standard InChI is InChI=1S/C12H14BrN3O2S/c13-9-4-8-11(19-9)12(18)15-10(14-8)5-16-3-1-2-7(16)6-17/h4,7,17H,1-3,5-6H2,(H,14,15,18)/t7-/m0/s1. The number of likely N-dealkylation sites (tertiary alicyclic amines) is 1. The minimum absolute atomic E-state index is 0.0876. The van der Waals surface area contributed by atoms with Gasteiger partial charge in [0.25, 0.3) is 5.56 Å². The van der Waals surface area contributed by atoms with Crippen molar-refractivity contribution < 1.29 is 5.11 Å². The van der Waals surface area contributed by atoms with Crippen molar-refractivity contribution >= 4 is 37.5 Å².